The van der Waals surface area contributed by atoms with Crippen LogP contribution in [0, 0.1) is 6.92 Å². The number of ether oxygens (including phenoxy) is 1. The van der Waals surface area contributed by atoms with E-state index >= 15 is 0 Å². The molecule has 108 valence electrons. The predicted molar refractivity (Wildman–Crippen MR) is 84.1 cm³/mol. The smallest absolute Gasteiger partial charge is 0.143 e. The van der Waals surface area contributed by atoms with Gasteiger partial charge in [0, 0.05) is 11.4 Å². The quantitative estimate of drug-likeness (QED) is 0.747. The van der Waals surface area contributed by atoms with E-state index in [-0.39, 0.29) is 0 Å². The van der Waals surface area contributed by atoms with Crippen LogP contribution < -0.4 is 10.1 Å². The average molecular weight is 282 g/mol. The number of rotatable bonds is 5. The van der Waals surface area contributed by atoms with E-state index in [9.17, 15) is 0 Å². The standard InChI is InChI=1S/C16H18N4O/c1-3-8-21-13-6-4-12(5-7-13)20-16-14-9-11(2)19-15(14)17-10-18-16/h4-7,9-10H,3,8H2,1-2H3,(H2,17,18,19,20). The summed E-state index contributed by atoms with van der Waals surface area (Å²) in [7, 11) is 0. The van der Waals surface area contributed by atoms with Gasteiger partial charge in [0.2, 0.25) is 0 Å². The minimum atomic E-state index is 0.738. The summed E-state index contributed by atoms with van der Waals surface area (Å²) in [6.45, 7) is 4.84. The Morgan fingerprint density at radius 3 is 2.76 bits per heavy atom. The number of aromatic nitrogens is 3. The lowest BCUT2D eigenvalue weighted by molar-refractivity contribution is 0.317. The van der Waals surface area contributed by atoms with Crippen molar-refractivity contribution in [3.05, 3.63) is 42.4 Å². The predicted octanol–water partition coefficient (Wildman–Crippen LogP) is 3.80. The monoisotopic (exact) mass is 282 g/mol. The minimum absolute atomic E-state index is 0.738. The van der Waals surface area contributed by atoms with Crippen molar-refractivity contribution in [1.29, 1.82) is 0 Å². The molecular formula is C16H18N4O. The molecule has 0 spiro atoms. The number of H-pyrrole nitrogens is 1. The number of aryl methyl sites for hydroxylation is 1. The van der Waals surface area contributed by atoms with E-state index in [0.717, 1.165) is 47.0 Å². The van der Waals surface area contributed by atoms with E-state index < -0.39 is 0 Å². The van der Waals surface area contributed by atoms with Crippen molar-refractivity contribution < 1.29 is 4.74 Å². The van der Waals surface area contributed by atoms with Gasteiger partial charge in [-0.1, -0.05) is 6.92 Å². The number of fused-ring (bicyclic) bond motifs is 1. The van der Waals surface area contributed by atoms with Crippen LogP contribution >= 0.6 is 0 Å². The Morgan fingerprint density at radius 1 is 1.19 bits per heavy atom. The molecule has 0 aliphatic rings. The molecule has 0 radical (unpaired) electrons. The number of benzene rings is 1. The lowest BCUT2D eigenvalue weighted by Crippen LogP contribution is -1.97. The maximum Gasteiger partial charge on any atom is 0.143 e. The van der Waals surface area contributed by atoms with Crippen LogP contribution in [0.15, 0.2) is 36.7 Å². The molecule has 21 heavy (non-hydrogen) atoms. The molecule has 0 amide bonds. The van der Waals surface area contributed by atoms with Crippen molar-refractivity contribution in [2.75, 3.05) is 11.9 Å². The Labute approximate surface area is 123 Å². The van der Waals surface area contributed by atoms with E-state index in [4.69, 9.17) is 4.74 Å². The second-order valence-corrected chi connectivity index (χ2v) is 4.93. The van der Waals surface area contributed by atoms with Crippen LogP contribution in [0.5, 0.6) is 5.75 Å². The van der Waals surface area contributed by atoms with Gasteiger partial charge in [0.25, 0.3) is 0 Å². The molecule has 2 N–H and O–H groups in total. The first-order valence-corrected chi connectivity index (χ1v) is 7.06. The van der Waals surface area contributed by atoms with Crippen LogP contribution in [0.4, 0.5) is 11.5 Å². The summed E-state index contributed by atoms with van der Waals surface area (Å²) < 4.78 is 5.58. The van der Waals surface area contributed by atoms with Gasteiger partial charge in [-0.3, -0.25) is 0 Å². The Hall–Kier alpha value is -2.56. The number of aromatic amines is 1. The summed E-state index contributed by atoms with van der Waals surface area (Å²) in [5.41, 5.74) is 2.88. The molecule has 0 atom stereocenters. The molecule has 3 rings (SSSR count). The van der Waals surface area contributed by atoms with E-state index in [1.54, 1.807) is 6.33 Å². The highest BCUT2D eigenvalue weighted by Gasteiger charge is 2.06. The van der Waals surface area contributed by atoms with Gasteiger partial charge in [-0.25, -0.2) is 9.97 Å². The van der Waals surface area contributed by atoms with Gasteiger partial charge in [0.05, 0.1) is 12.0 Å². The molecule has 0 bridgehead atoms. The van der Waals surface area contributed by atoms with Gasteiger partial charge >= 0.3 is 0 Å². The molecule has 1 aromatic carbocycles. The molecule has 0 saturated heterocycles. The number of anilines is 2. The van der Waals surface area contributed by atoms with E-state index in [1.165, 1.54) is 0 Å². The second-order valence-electron chi connectivity index (χ2n) is 4.93. The molecule has 0 saturated carbocycles. The van der Waals surface area contributed by atoms with Gasteiger partial charge in [-0.05, 0) is 43.7 Å². The fourth-order valence-corrected chi connectivity index (χ4v) is 2.16. The topological polar surface area (TPSA) is 62.8 Å². The van der Waals surface area contributed by atoms with Crippen molar-refractivity contribution in [2.45, 2.75) is 20.3 Å². The third-order valence-corrected chi connectivity index (χ3v) is 3.15. The third-order valence-electron chi connectivity index (χ3n) is 3.15. The van der Waals surface area contributed by atoms with Gasteiger partial charge in [-0.2, -0.15) is 0 Å². The third kappa shape index (κ3) is 2.97. The average Bonchev–Trinajstić information content (AvgIpc) is 2.88. The van der Waals surface area contributed by atoms with Crippen LogP contribution in [-0.4, -0.2) is 21.6 Å². The summed E-state index contributed by atoms with van der Waals surface area (Å²) in [5.74, 6) is 1.68. The maximum atomic E-state index is 5.58. The fourth-order valence-electron chi connectivity index (χ4n) is 2.16. The van der Waals surface area contributed by atoms with E-state index in [0.29, 0.717) is 0 Å². The molecule has 0 aliphatic carbocycles. The molecule has 5 nitrogen and oxygen atoms in total. The zero-order valence-electron chi connectivity index (χ0n) is 12.2. The Morgan fingerprint density at radius 2 is 2.00 bits per heavy atom. The number of hydrogen-bond acceptors (Lipinski definition) is 4. The SMILES string of the molecule is CCCOc1ccc(Nc2ncnc3[nH]c(C)cc23)cc1. The molecule has 5 heteroatoms. The lowest BCUT2D eigenvalue weighted by atomic mass is 10.3. The number of hydrogen-bond donors (Lipinski definition) is 2. The van der Waals surface area contributed by atoms with Crippen molar-refractivity contribution in [3.63, 3.8) is 0 Å². The summed E-state index contributed by atoms with van der Waals surface area (Å²) in [5, 5.41) is 4.30. The largest absolute Gasteiger partial charge is 0.494 e. The number of nitrogens with zero attached hydrogens (tertiary/aromatic N) is 2. The molecule has 2 aromatic heterocycles. The van der Waals surface area contributed by atoms with Gasteiger partial charge in [0.15, 0.2) is 0 Å². The molecule has 0 fully saturated rings. The van der Waals surface area contributed by atoms with E-state index in [2.05, 4.69) is 27.2 Å². The molecule has 0 aliphatic heterocycles. The van der Waals surface area contributed by atoms with Crippen LogP contribution in [0.1, 0.15) is 19.0 Å². The van der Waals surface area contributed by atoms with Gasteiger partial charge in [-0.15, -0.1) is 0 Å². The van der Waals surface area contributed by atoms with Crippen molar-refractivity contribution in [3.8, 4) is 5.75 Å². The van der Waals surface area contributed by atoms with Gasteiger partial charge in [0.1, 0.15) is 23.5 Å². The van der Waals surface area contributed by atoms with E-state index in [1.807, 2.05) is 37.3 Å². The summed E-state index contributed by atoms with van der Waals surface area (Å²) in [6.07, 6.45) is 2.56. The van der Waals surface area contributed by atoms with Crippen molar-refractivity contribution in [1.82, 2.24) is 15.0 Å². The molecule has 2 heterocycles. The first-order chi connectivity index (χ1) is 10.3. The van der Waals surface area contributed by atoms with Gasteiger partial charge < -0.3 is 15.0 Å². The minimum Gasteiger partial charge on any atom is -0.494 e. The molecular weight excluding hydrogens is 264 g/mol. The molecule has 0 unspecified atom stereocenters. The zero-order chi connectivity index (χ0) is 14.7. The van der Waals surface area contributed by atoms with Crippen LogP contribution in [0.25, 0.3) is 11.0 Å². The van der Waals surface area contributed by atoms with Crippen LogP contribution in [-0.2, 0) is 0 Å². The van der Waals surface area contributed by atoms with Crippen molar-refractivity contribution >= 4 is 22.5 Å². The number of nitrogens with one attached hydrogen (secondary N) is 2. The first-order valence-electron chi connectivity index (χ1n) is 7.06. The summed E-state index contributed by atoms with van der Waals surface area (Å²) >= 11 is 0. The highest BCUT2D eigenvalue weighted by Crippen LogP contribution is 2.24. The zero-order valence-corrected chi connectivity index (χ0v) is 12.2. The lowest BCUT2D eigenvalue weighted by Gasteiger charge is -2.08. The highest BCUT2D eigenvalue weighted by molar-refractivity contribution is 5.89. The molecule has 3 aromatic rings. The second kappa shape index (κ2) is 5.83. The Balaban J connectivity index is 1.81. The fraction of sp³-hybridized carbons (Fsp3) is 0.250. The Bertz CT molecular complexity index is 734. The Kier molecular flexibility index (Phi) is 3.73. The normalized spacial score (nSPS) is 10.8. The summed E-state index contributed by atoms with van der Waals surface area (Å²) in [6, 6.07) is 9.92. The van der Waals surface area contributed by atoms with Crippen LogP contribution in [0.3, 0.4) is 0 Å². The van der Waals surface area contributed by atoms with Crippen molar-refractivity contribution in [2.24, 2.45) is 0 Å². The highest BCUT2D eigenvalue weighted by atomic mass is 16.5. The van der Waals surface area contributed by atoms with Crippen LogP contribution in [0.2, 0.25) is 0 Å². The summed E-state index contributed by atoms with van der Waals surface area (Å²) in [4.78, 5) is 11.7. The maximum absolute atomic E-state index is 5.58. The first kappa shape index (κ1) is 13.4.